The molecule has 0 aromatic heterocycles. The van der Waals surface area contributed by atoms with Crippen LogP contribution in [-0.2, 0) is 16.0 Å². The summed E-state index contributed by atoms with van der Waals surface area (Å²) in [6.45, 7) is 3.00. The highest BCUT2D eigenvalue weighted by molar-refractivity contribution is 5.73. The molecule has 0 fully saturated rings. The first-order chi connectivity index (χ1) is 14.4. The number of carbonyl (C=O) groups excluding carboxylic acids is 2. The molecule has 8 nitrogen and oxygen atoms in total. The van der Waals surface area contributed by atoms with Crippen LogP contribution in [-0.4, -0.2) is 39.9 Å². The van der Waals surface area contributed by atoms with Crippen LogP contribution in [0.15, 0.2) is 24.3 Å². The monoisotopic (exact) mass is 416 g/mol. The molecule has 3 rings (SSSR count). The van der Waals surface area contributed by atoms with E-state index in [9.17, 15) is 9.59 Å². The van der Waals surface area contributed by atoms with Crippen molar-refractivity contribution in [2.24, 2.45) is 0 Å². The Morgan fingerprint density at radius 3 is 2.20 bits per heavy atom. The van der Waals surface area contributed by atoms with Crippen molar-refractivity contribution in [2.75, 3.05) is 27.9 Å². The van der Waals surface area contributed by atoms with Gasteiger partial charge >= 0.3 is 11.9 Å². The normalized spacial score (nSPS) is 14.8. The Balaban J connectivity index is 2.01. The van der Waals surface area contributed by atoms with Gasteiger partial charge in [0.1, 0.15) is 17.2 Å². The van der Waals surface area contributed by atoms with Crippen LogP contribution < -0.4 is 28.4 Å². The first kappa shape index (κ1) is 21.3. The molecule has 0 spiro atoms. The molecular weight excluding hydrogens is 392 g/mol. The maximum atomic E-state index is 11.5. The van der Waals surface area contributed by atoms with Crippen molar-refractivity contribution in [3.8, 4) is 34.5 Å². The zero-order chi connectivity index (χ0) is 21.8. The summed E-state index contributed by atoms with van der Waals surface area (Å²) in [6.07, 6.45) is 0.637. The highest BCUT2D eigenvalue weighted by Crippen LogP contribution is 2.50. The number of rotatable bonds is 6. The van der Waals surface area contributed by atoms with E-state index in [1.165, 1.54) is 35.2 Å². The summed E-state index contributed by atoms with van der Waals surface area (Å²) in [6, 6.07) is 6.90. The van der Waals surface area contributed by atoms with Crippen LogP contribution in [0.4, 0.5) is 0 Å². The maximum absolute atomic E-state index is 11.5. The van der Waals surface area contributed by atoms with Gasteiger partial charge in [0, 0.05) is 37.5 Å². The largest absolute Gasteiger partial charge is 0.496 e. The van der Waals surface area contributed by atoms with Gasteiger partial charge in [0.25, 0.3) is 0 Å². The summed E-state index contributed by atoms with van der Waals surface area (Å²) in [5, 5.41) is 0. The van der Waals surface area contributed by atoms with E-state index in [0.29, 0.717) is 41.8 Å². The Bertz CT molecular complexity index is 966. The first-order valence-electron chi connectivity index (χ1n) is 9.33. The molecule has 0 saturated heterocycles. The molecule has 160 valence electrons. The summed E-state index contributed by atoms with van der Waals surface area (Å²) in [5.74, 6) is 1.54. The number of esters is 2. The van der Waals surface area contributed by atoms with Crippen molar-refractivity contribution < 1.29 is 38.0 Å². The molecular formula is C22H24O8. The average molecular weight is 416 g/mol. The van der Waals surface area contributed by atoms with Crippen LogP contribution in [0.2, 0.25) is 0 Å². The molecule has 8 heteroatoms. The summed E-state index contributed by atoms with van der Waals surface area (Å²) < 4.78 is 33.0. The van der Waals surface area contributed by atoms with Gasteiger partial charge in [0.15, 0.2) is 11.5 Å². The molecule has 1 heterocycles. The van der Waals surface area contributed by atoms with E-state index >= 15 is 0 Å². The first-order valence-corrected chi connectivity index (χ1v) is 9.33. The van der Waals surface area contributed by atoms with Gasteiger partial charge in [0.2, 0.25) is 5.75 Å². The minimum atomic E-state index is -0.483. The average Bonchev–Trinajstić information content (AvgIpc) is 2.71. The number of benzene rings is 2. The van der Waals surface area contributed by atoms with E-state index in [0.717, 1.165) is 11.1 Å². The van der Waals surface area contributed by atoms with E-state index in [1.807, 2.05) is 6.07 Å². The summed E-state index contributed by atoms with van der Waals surface area (Å²) in [4.78, 5) is 22.7. The summed E-state index contributed by atoms with van der Waals surface area (Å²) >= 11 is 0. The maximum Gasteiger partial charge on any atom is 0.308 e. The van der Waals surface area contributed by atoms with Gasteiger partial charge < -0.3 is 28.4 Å². The van der Waals surface area contributed by atoms with Gasteiger partial charge in [0.05, 0.1) is 27.9 Å². The van der Waals surface area contributed by atoms with Crippen molar-refractivity contribution >= 4 is 11.9 Å². The van der Waals surface area contributed by atoms with Gasteiger partial charge in [-0.25, -0.2) is 0 Å². The zero-order valence-electron chi connectivity index (χ0n) is 17.6. The summed E-state index contributed by atoms with van der Waals surface area (Å²) in [5.41, 5.74) is 1.71. The molecule has 0 radical (unpaired) electrons. The van der Waals surface area contributed by atoms with Gasteiger partial charge in [-0.1, -0.05) is 6.07 Å². The van der Waals surface area contributed by atoms with Crippen molar-refractivity contribution in [3.63, 3.8) is 0 Å². The summed E-state index contributed by atoms with van der Waals surface area (Å²) in [7, 11) is 4.52. The molecule has 2 aromatic rings. The van der Waals surface area contributed by atoms with Crippen LogP contribution in [0.25, 0.3) is 0 Å². The highest BCUT2D eigenvalue weighted by atomic mass is 16.6. The lowest BCUT2D eigenvalue weighted by Crippen LogP contribution is -2.21. The third-order valence-electron chi connectivity index (χ3n) is 4.70. The second-order valence-electron chi connectivity index (χ2n) is 6.73. The molecule has 1 aliphatic heterocycles. The zero-order valence-corrected chi connectivity index (χ0v) is 17.6. The van der Waals surface area contributed by atoms with E-state index in [2.05, 4.69) is 0 Å². The Hall–Kier alpha value is -3.42. The number of hydrogen-bond acceptors (Lipinski definition) is 8. The quantitative estimate of drug-likeness (QED) is 0.524. The molecule has 0 bridgehead atoms. The number of methoxy groups -OCH3 is 3. The van der Waals surface area contributed by atoms with Crippen molar-refractivity contribution in [1.82, 2.24) is 0 Å². The smallest absolute Gasteiger partial charge is 0.308 e. The lowest BCUT2D eigenvalue weighted by atomic mass is 9.88. The van der Waals surface area contributed by atoms with E-state index < -0.39 is 11.9 Å². The third kappa shape index (κ3) is 4.27. The predicted octanol–water partition coefficient (Wildman–Crippen LogP) is 3.28. The molecule has 30 heavy (non-hydrogen) atoms. The standard InChI is InChI=1S/C22H24O8/c1-12(23)29-16-7-6-14-8-15(11-28-17(14)9-16)20-18(25-3)10-19(30-13(2)24)21(26-4)22(20)27-5/h6-7,9-10,15H,8,11H2,1-5H3. The van der Waals surface area contributed by atoms with Crippen LogP contribution in [0.5, 0.6) is 34.5 Å². The van der Waals surface area contributed by atoms with Crippen LogP contribution in [0, 0.1) is 0 Å². The predicted molar refractivity (Wildman–Crippen MR) is 107 cm³/mol. The third-order valence-corrected chi connectivity index (χ3v) is 4.70. The fourth-order valence-corrected chi connectivity index (χ4v) is 3.56. The molecule has 0 aliphatic carbocycles. The second kappa shape index (κ2) is 8.94. The van der Waals surface area contributed by atoms with E-state index in [1.54, 1.807) is 18.2 Å². The Labute approximate surface area is 174 Å². The number of carbonyl (C=O) groups is 2. The SMILES string of the molecule is COc1cc(OC(C)=O)c(OC)c(OC)c1C1COc2cc(OC(C)=O)ccc2C1. The number of ether oxygens (including phenoxy) is 6. The Kier molecular flexibility index (Phi) is 6.34. The molecule has 2 aromatic carbocycles. The van der Waals surface area contributed by atoms with Crippen molar-refractivity contribution in [1.29, 1.82) is 0 Å². The molecule has 1 aliphatic rings. The van der Waals surface area contributed by atoms with Gasteiger partial charge in [-0.2, -0.15) is 0 Å². The second-order valence-corrected chi connectivity index (χ2v) is 6.73. The van der Waals surface area contributed by atoms with Crippen LogP contribution in [0.1, 0.15) is 30.9 Å². The van der Waals surface area contributed by atoms with Crippen LogP contribution >= 0.6 is 0 Å². The van der Waals surface area contributed by atoms with E-state index in [-0.39, 0.29) is 11.7 Å². The highest BCUT2D eigenvalue weighted by Gasteiger charge is 2.31. The Morgan fingerprint density at radius 1 is 0.900 bits per heavy atom. The van der Waals surface area contributed by atoms with Gasteiger partial charge in [-0.15, -0.1) is 0 Å². The number of hydrogen-bond donors (Lipinski definition) is 0. The minimum Gasteiger partial charge on any atom is -0.496 e. The molecule has 0 amide bonds. The Morgan fingerprint density at radius 2 is 1.60 bits per heavy atom. The molecule has 0 saturated carbocycles. The fourth-order valence-electron chi connectivity index (χ4n) is 3.56. The molecule has 1 atom stereocenters. The molecule has 0 N–H and O–H groups in total. The molecule has 1 unspecified atom stereocenters. The van der Waals surface area contributed by atoms with Crippen molar-refractivity contribution in [2.45, 2.75) is 26.2 Å². The van der Waals surface area contributed by atoms with Gasteiger partial charge in [-0.3, -0.25) is 9.59 Å². The van der Waals surface area contributed by atoms with Crippen molar-refractivity contribution in [3.05, 3.63) is 35.4 Å². The fraction of sp³-hybridized carbons (Fsp3) is 0.364. The van der Waals surface area contributed by atoms with Crippen LogP contribution in [0.3, 0.4) is 0 Å². The topological polar surface area (TPSA) is 89.5 Å². The van der Waals surface area contributed by atoms with Gasteiger partial charge in [-0.05, 0) is 18.1 Å². The van der Waals surface area contributed by atoms with E-state index in [4.69, 9.17) is 28.4 Å². The lowest BCUT2D eigenvalue weighted by Gasteiger charge is -2.29. The number of fused-ring (bicyclic) bond motifs is 1. The minimum absolute atomic E-state index is 0.109. The lowest BCUT2D eigenvalue weighted by molar-refractivity contribution is -0.132.